The molecule has 0 saturated heterocycles. The third-order valence-electron chi connectivity index (χ3n) is 4.59. The van der Waals surface area contributed by atoms with Crippen molar-refractivity contribution in [1.29, 1.82) is 0 Å². The molecule has 0 aromatic heterocycles. The Bertz CT molecular complexity index is 521. The lowest BCUT2D eigenvalue weighted by molar-refractivity contribution is 0.0286. The average molecular weight is 295 g/mol. The molecule has 2 aromatic rings. The van der Waals surface area contributed by atoms with E-state index in [1.165, 1.54) is 30.4 Å². The fourth-order valence-corrected chi connectivity index (χ4v) is 3.29. The highest BCUT2D eigenvalue weighted by Crippen LogP contribution is 2.31. The molecular weight excluding hydrogens is 270 g/mol. The van der Waals surface area contributed by atoms with Crippen LogP contribution in [0.25, 0.3) is 0 Å². The summed E-state index contributed by atoms with van der Waals surface area (Å²) in [6.07, 6.45) is 5.86. The van der Waals surface area contributed by atoms with Crippen LogP contribution >= 0.6 is 0 Å². The molecule has 3 rings (SSSR count). The van der Waals surface area contributed by atoms with Crippen LogP contribution in [0.3, 0.4) is 0 Å². The molecule has 0 amide bonds. The number of rotatable bonds is 5. The maximum atomic E-state index is 6.54. The van der Waals surface area contributed by atoms with E-state index in [2.05, 4.69) is 48.5 Å². The first-order valence-electron chi connectivity index (χ1n) is 8.27. The van der Waals surface area contributed by atoms with Gasteiger partial charge in [-0.2, -0.15) is 0 Å². The molecule has 116 valence electrons. The van der Waals surface area contributed by atoms with Crippen molar-refractivity contribution in [2.24, 2.45) is 5.73 Å². The zero-order chi connectivity index (χ0) is 15.3. The van der Waals surface area contributed by atoms with Gasteiger partial charge in [-0.1, -0.05) is 79.9 Å². The van der Waals surface area contributed by atoms with Gasteiger partial charge in [0, 0.05) is 5.54 Å². The van der Waals surface area contributed by atoms with Gasteiger partial charge in [0.05, 0.1) is 6.61 Å². The molecule has 0 atom stereocenters. The van der Waals surface area contributed by atoms with Crippen LogP contribution in [0.2, 0.25) is 0 Å². The molecule has 2 N–H and O–H groups in total. The number of hydrogen-bond acceptors (Lipinski definition) is 2. The molecule has 1 fully saturated rings. The topological polar surface area (TPSA) is 35.2 Å². The Morgan fingerprint density at radius 1 is 0.818 bits per heavy atom. The molecule has 0 aliphatic heterocycles. The minimum absolute atomic E-state index is 0.0373. The Morgan fingerprint density at radius 3 is 1.82 bits per heavy atom. The minimum Gasteiger partial charge on any atom is -0.367 e. The Balaban J connectivity index is 1.77. The maximum absolute atomic E-state index is 6.54. The largest absolute Gasteiger partial charge is 0.367 e. The molecule has 0 unspecified atom stereocenters. The summed E-state index contributed by atoms with van der Waals surface area (Å²) in [4.78, 5) is 0. The second kappa shape index (κ2) is 7.08. The summed E-state index contributed by atoms with van der Waals surface area (Å²) in [5.41, 5.74) is 8.76. The summed E-state index contributed by atoms with van der Waals surface area (Å²) in [7, 11) is 0. The van der Waals surface area contributed by atoms with Crippen molar-refractivity contribution in [3.8, 4) is 0 Å². The Kier molecular flexibility index (Phi) is 4.91. The van der Waals surface area contributed by atoms with Crippen LogP contribution in [0.4, 0.5) is 0 Å². The van der Waals surface area contributed by atoms with E-state index < -0.39 is 0 Å². The summed E-state index contributed by atoms with van der Waals surface area (Å²) >= 11 is 0. The van der Waals surface area contributed by atoms with Gasteiger partial charge in [0.2, 0.25) is 0 Å². The molecule has 22 heavy (non-hydrogen) atoms. The molecule has 0 bridgehead atoms. The van der Waals surface area contributed by atoms with E-state index in [0.29, 0.717) is 6.61 Å². The van der Waals surface area contributed by atoms with Crippen molar-refractivity contribution in [3.63, 3.8) is 0 Å². The molecular formula is C20H25NO. The Labute approximate surface area is 133 Å². The Hall–Kier alpha value is -1.64. The minimum atomic E-state index is -0.153. The molecule has 2 nitrogen and oxygen atoms in total. The lowest BCUT2D eigenvalue weighted by atomic mass is 9.83. The molecule has 1 saturated carbocycles. The first-order chi connectivity index (χ1) is 10.8. The molecule has 1 aliphatic carbocycles. The second-order valence-electron chi connectivity index (χ2n) is 6.44. The SMILES string of the molecule is NC1(COC(c2ccccc2)c2ccccc2)CCCCC1. The van der Waals surface area contributed by atoms with Crippen molar-refractivity contribution in [2.45, 2.75) is 43.7 Å². The van der Waals surface area contributed by atoms with Crippen LogP contribution in [0.5, 0.6) is 0 Å². The predicted molar refractivity (Wildman–Crippen MR) is 90.7 cm³/mol. The maximum Gasteiger partial charge on any atom is 0.108 e. The van der Waals surface area contributed by atoms with Gasteiger partial charge in [-0.3, -0.25) is 0 Å². The highest BCUT2D eigenvalue weighted by Gasteiger charge is 2.29. The van der Waals surface area contributed by atoms with E-state index in [1.807, 2.05) is 12.1 Å². The van der Waals surface area contributed by atoms with E-state index in [4.69, 9.17) is 10.5 Å². The fraction of sp³-hybridized carbons (Fsp3) is 0.400. The zero-order valence-corrected chi connectivity index (χ0v) is 13.1. The molecule has 1 aliphatic rings. The van der Waals surface area contributed by atoms with Gasteiger partial charge in [-0.15, -0.1) is 0 Å². The molecule has 2 heteroatoms. The van der Waals surface area contributed by atoms with Crippen LogP contribution in [0.1, 0.15) is 49.3 Å². The standard InChI is InChI=1S/C20H25NO/c21-20(14-8-3-9-15-20)16-22-19(17-10-4-1-5-11-17)18-12-6-2-7-13-18/h1-2,4-7,10-13,19H,3,8-9,14-16,21H2. The summed E-state index contributed by atoms with van der Waals surface area (Å²) in [6.45, 7) is 0.626. The first kappa shape index (κ1) is 15.3. The van der Waals surface area contributed by atoms with E-state index in [1.54, 1.807) is 0 Å². The third kappa shape index (κ3) is 3.76. The van der Waals surface area contributed by atoms with E-state index in [-0.39, 0.29) is 11.6 Å². The van der Waals surface area contributed by atoms with Crippen LogP contribution in [-0.2, 0) is 4.74 Å². The summed E-state index contributed by atoms with van der Waals surface area (Å²) < 4.78 is 6.33. The smallest absolute Gasteiger partial charge is 0.108 e. The molecule has 0 spiro atoms. The van der Waals surface area contributed by atoms with E-state index in [0.717, 1.165) is 12.8 Å². The Morgan fingerprint density at radius 2 is 1.32 bits per heavy atom. The van der Waals surface area contributed by atoms with Gasteiger partial charge < -0.3 is 10.5 Å². The van der Waals surface area contributed by atoms with Gasteiger partial charge >= 0.3 is 0 Å². The van der Waals surface area contributed by atoms with Gasteiger partial charge in [-0.05, 0) is 24.0 Å². The second-order valence-corrected chi connectivity index (χ2v) is 6.44. The molecule has 2 aromatic carbocycles. The molecule has 0 radical (unpaired) electrons. The normalized spacial score (nSPS) is 17.5. The van der Waals surface area contributed by atoms with Crippen molar-refractivity contribution in [2.75, 3.05) is 6.61 Å². The van der Waals surface area contributed by atoms with Crippen LogP contribution in [-0.4, -0.2) is 12.1 Å². The van der Waals surface area contributed by atoms with Crippen molar-refractivity contribution in [3.05, 3.63) is 71.8 Å². The highest BCUT2D eigenvalue weighted by atomic mass is 16.5. The van der Waals surface area contributed by atoms with Crippen LogP contribution in [0.15, 0.2) is 60.7 Å². The van der Waals surface area contributed by atoms with Gasteiger partial charge in [0.1, 0.15) is 6.10 Å². The van der Waals surface area contributed by atoms with Gasteiger partial charge in [0.15, 0.2) is 0 Å². The summed E-state index contributed by atoms with van der Waals surface area (Å²) in [5.74, 6) is 0. The van der Waals surface area contributed by atoms with Crippen LogP contribution < -0.4 is 5.73 Å². The third-order valence-corrected chi connectivity index (χ3v) is 4.59. The molecule has 0 heterocycles. The fourth-order valence-electron chi connectivity index (χ4n) is 3.29. The summed E-state index contributed by atoms with van der Waals surface area (Å²) in [5, 5.41) is 0. The van der Waals surface area contributed by atoms with Crippen molar-refractivity contribution in [1.82, 2.24) is 0 Å². The summed E-state index contributed by atoms with van der Waals surface area (Å²) in [6, 6.07) is 20.8. The zero-order valence-electron chi connectivity index (χ0n) is 13.1. The number of benzene rings is 2. The number of ether oxygens (including phenoxy) is 1. The lowest BCUT2D eigenvalue weighted by Gasteiger charge is -2.34. The monoisotopic (exact) mass is 295 g/mol. The van der Waals surface area contributed by atoms with Crippen molar-refractivity contribution >= 4 is 0 Å². The number of nitrogens with two attached hydrogens (primary N) is 1. The quantitative estimate of drug-likeness (QED) is 0.884. The van der Waals surface area contributed by atoms with E-state index >= 15 is 0 Å². The van der Waals surface area contributed by atoms with Crippen molar-refractivity contribution < 1.29 is 4.74 Å². The first-order valence-corrected chi connectivity index (χ1v) is 8.27. The van der Waals surface area contributed by atoms with Crippen LogP contribution in [0, 0.1) is 0 Å². The number of hydrogen-bond donors (Lipinski definition) is 1. The van der Waals surface area contributed by atoms with Gasteiger partial charge in [0.25, 0.3) is 0 Å². The van der Waals surface area contributed by atoms with E-state index in [9.17, 15) is 0 Å². The predicted octanol–water partition coefficient (Wildman–Crippen LogP) is 4.45. The lowest BCUT2D eigenvalue weighted by Crippen LogP contribution is -2.46. The average Bonchev–Trinajstić information content (AvgIpc) is 2.58. The van der Waals surface area contributed by atoms with Gasteiger partial charge in [-0.25, -0.2) is 0 Å². The highest BCUT2D eigenvalue weighted by molar-refractivity contribution is 5.29.